The van der Waals surface area contributed by atoms with Gasteiger partial charge in [0.1, 0.15) is 0 Å². The molecular formula is C56H39NS. The summed E-state index contributed by atoms with van der Waals surface area (Å²) >= 11 is 1.88. The van der Waals surface area contributed by atoms with Gasteiger partial charge in [-0.25, -0.2) is 4.99 Å². The molecule has 0 fully saturated rings. The highest BCUT2D eigenvalue weighted by atomic mass is 32.1. The second-order valence-electron chi connectivity index (χ2n) is 15.5. The largest absolute Gasteiger partial charge is 0.248 e. The lowest BCUT2D eigenvalue weighted by Gasteiger charge is -2.21. The number of rotatable bonds is 5. The Labute approximate surface area is 342 Å². The molecule has 0 radical (unpaired) electrons. The molecule has 11 rings (SSSR count). The molecular weight excluding hydrogens is 719 g/mol. The molecule has 0 unspecified atom stereocenters. The third-order valence-electron chi connectivity index (χ3n) is 12.2. The molecule has 58 heavy (non-hydrogen) atoms. The Kier molecular flexibility index (Phi) is 8.27. The molecule has 0 saturated heterocycles. The molecule has 1 aliphatic rings. The van der Waals surface area contributed by atoms with Crippen LogP contribution in [0.15, 0.2) is 205 Å². The van der Waals surface area contributed by atoms with Gasteiger partial charge < -0.3 is 0 Å². The van der Waals surface area contributed by atoms with E-state index in [1.165, 1.54) is 91.5 Å². The quantitative estimate of drug-likeness (QED) is 0.155. The van der Waals surface area contributed by atoms with E-state index in [-0.39, 0.29) is 5.92 Å². The van der Waals surface area contributed by atoms with Crippen molar-refractivity contribution in [2.75, 3.05) is 0 Å². The van der Waals surface area contributed by atoms with E-state index < -0.39 is 0 Å². The van der Waals surface area contributed by atoms with Gasteiger partial charge in [-0.1, -0.05) is 177 Å². The van der Waals surface area contributed by atoms with Crippen molar-refractivity contribution >= 4 is 80.8 Å². The second-order valence-corrected chi connectivity index (χ2v) is 16.6. The molecule has 0 N–H and O–H groups in total. The van der Waals surface area contributed by atoms with Crippen molar-refractivity contribution in [2.24, 2.45) is 10.9 Å². The normalized spacial score (nSPS) is 14.7. The zero-order valence-electron chi connectivity index (χ0n) is 32.4. The lowest BCUT2D eigenvalue weighted by molar-refractivity contribution is 0.890. The number of hydrogen-bond donors (Lipinski definition) is 0. The van der Waals surface area contributed by atoms with Crippen molar-refractivity contribution < 1.29 is 0 Å². The van der Waals surface area contributed by atoms with Gasteiger partial charge in [-0.15, -0.1) is 11.3 Å². The molecule has 0 amide bonds. The Balaban J connectivity index is 1.12. The molecule has 1 aliphatic heterocycles. The predicted molar refractivity (Wildman–Crippen MR) is 252 cm³/mol. The average molecular weight is 758 g/mol. The smallest absolute Gasteiger partial charge is 0.0712 e. The maximum Gasteiger partial charge on any atom is 0.0712 e. The lowest BCUT2D eigenvalue weighted by Crippen LogP contribution is -2.04. The summed E-state index contributed by atoms with van der Waals surface area (Å²) < 4.78 is 2.66. The van der Waals surface area contributed by atoms with Gasteiger partial charge in [0.05, 0.1) is 11.4 Å². The van der Waals surface area contributed by atoms with E-state index in [1.807, 2.05) is 11.3 Å². The van der Waals surface area contributed by atoms with Crippen LogP contribution in [-0.4, -0.2) is 5.71 Å². The highest BCUT2D eigenvalue weighted by molar-refractivity contribution is 7.25. The van der Waals surface area contributed by atoms with E-state index >= 15 is 0 Å². The van der Waals surface area contributed by atoms with Crippen molar-refractivity contribution in [1.82, 2.24) is 0 Å². The number of hydrogen-bond acceptors (Lipinski definition) is 2. The summed E-state index contributed by atoms with van der Waals surface area (Å²) in [5.41, 5.74) is 12.9. The summed E-state index contributed by atoms with van der Waals surface area (Å²) in [6.07, 6.45) is 2.37. The Morgan fingerprint density at radius 2 is 0.948 bits per heavy atom. The van der Waals surface area contributed by atoms with Gasteiger partial charge in [-0.3, -0.25) is 0 Å². The highest BCUT2D eigenvalue weighted by Crippen LogP contribution is 2.45. The van der Waals surface area contributed by atoms with Gasteiger partial charge in [0.15, 0.2) is 0 Å². The van der Waals surface area contributed by atoms with E-state index in [0.29, 0.717) is 0 Å². The minimum atomic E-state index is 0.111. The third-order valence-corrected chi connectivity index (χ3v) is 13.4. The van der Waals surface area contributed by atoms with Crippen molar-refractivity contribution in [2.45, 2.75) is 13.8 Å². The first-order chi connectivity index (χ1) is 28.6. The minimum absolute atomic E-state index is 0.111. The van der Waals surface area contributed by atoms with Gasteiger partial charge in [0.2, 0.25) is 0 Å². The fourth-order valence-electron chi connectivity index (χ4n) is 9.09. The average Bonchev–Trinajstić information content (AvgIpc) is 3.61. The molecule has 10 aromatic rings. The van der Waals surface area contributed by atoms with E-state index in [4.69, 9.17) is 4.99 Å². The van der Waals surface area contributed by atoms with Gasteiger partial charge in [0.25, 0.3) is 0 Å². The van der Waals surface area contributed by atoms with Crippen LogP contribution in [0.1, 0.15) is 30.5 Å². The van der Waals surface area contributed by atoms with Crippen LogP contribution >= 0.6 is 11.3 Å². The first-order valence-corrected chi connectivity index (χ1v) is 20.9. The van der Waals surface area contributed by atoms with Crippen LogP contribution < -0.4 is 0 Å². The van der Waals surface area contributed by atoms with Crippen molar-refractivity contribution in [3.8, 4) is 22.3 Å². The molecule has 0 bridgehead atoms. The van der Waals surface area contributed by atoms with E-state index in [1.54, 1.807) is 0 Å². The first-order valence-electron chi connectivity index (χ1n) is 20.1. The topological polar surface area (TPSA) is 12.4 Å². The number of aliphatic imine (C=N–C) groups is 1. The number of thiophene rings is 1. The Morgan fingerprint density at radius 1 is 0.414 bits per heavy atom. The fourth-order valence-corrected chi connectivity index (χ4v) is 10.2. The highest BCUT2D eigenvalue weighted by Gasteiger charge is 2.25. The lowest BCUT2D eigenvalue weighted by atomic mass is 9.82. The minimum Gasteiger partial charge on any atom is -0.248 e. The zero-order valence-corrected chi connectivity index (χ0v) is 33.2. The van der Waals surface area contributed by atoms with Crippen LogP contribution in [-0.2, 0) is 0 Å². The summed E-state index contributed by atoms with van der Waals surface area (Å²) in [4.78, 5) is 5.52. The Morgan fingerprint density at radius 3 is 1.71 bits per heavy atom. The van der Waals surface area contributed by atoms with E-state index in [0.717, 1.165) is 22.5 Å². The maximum absolute atomic E-state index is 5.52. The van der Waals surface area contributed by atoms with Crippen LogP contribution in [0.2, 0.25) is 0 Å². The van der Waals surface area contributed by atoms with Crippen LogP contribution in [0.5, 0.6) is 0 Å². The molecule has 0 saturated carbocycles. The second kappa shape index (κ2) is 14.0. The third kappa shape index (κ3) is 5.71. The molecule has 0 spiro atoms. The van der Waals surface area contributed by atoms with Crippen LogP contribution in [0.4, 0.5) is 0 Å². The van der Waals surface area contributed by atoms with Gasteiger partial charge in [0, 0.05) is 37.2 Å². The maximum atomic E-state index is 5.52. The molecule has 2 heteroatoms. The van der Waals surface area contributed by atoms with E-state index in [2.05, 4.69) is 208 Å². The zero-order chi connectivity index (χ0) is 38.7. The monoisotopic (exact) mass is 757 g/mol. The summed E-state index contributed by atoms with van der Waals surface area (Å²) in [5, 5.41) is 10.3. The number of benzene rings is 9. The summed E-state index contributed by atoms with van der Waals surface area (Å²) in [6.45, 7) is 4.62. The summed E-state index contributed by atoms with van der Waals surface area (Å²) in [5.74, 6) is 0.111. The van der Waals surface area contributed by atoms with Crippen LogP contribution in [0, 0.1) is 5.92 Å². The SMILES string of the molecule is CC1=C(c2ccccc2)N=C(c2ccc(-c3ccccc3)cc2)C=C(c2cccc3c4ccccc4c4cc(-c5ccc6c(c5)sc5ccccc56)ccc4c23)[C@H]1C. The van der Waals surface area contributed by atoms with Crippen LogP contribution in [0.25, 0.3) is 86.0 Å². The van der Waals surface area contributed by atoms with Gasteiger partial charge in [-0.2, -0.15) is 0 Å². The fraction of sp³-hybridized carbons (Fsp3) is 0.0536. The number of fused-ring (bicyclic) bond motifs is 9. The molecule has 9 aromatic carbocycles. The van der Waals surface area contributed by atoms with Crippen molar-refractivity contribution in [1.29, 1.82) is 0 Å². The first kappa shape index (κ1) is 34.4. The standard InChI is InChI=1S/C56H39NS/c1-35-36(2)56(40-16-7-4-8-17-40)57-52(39-26-24-38(25-27-39)37-14-5-3-6-15-37)34-50(35)48-22-13-21-47-43-18-9-10-19-44(43)51-32-41(29-31-49(51)55(47)48)42-28-30-46-45-20-11-12-23-53(45)58-54(46)33-42/h3-35H,1-2H3/t35-/m0/s1. The van der Waals surface area contributed by atoms with Crippen LogP contribution in [0.3, 0.4) is 0 Å². The molecule has 2 heterocycles. The Bertz CT molecular complexity index is 3330. The van der Waals surface area contributed by atoms with Crippen molar-refractivity contribution in [3.05, 3.63) is 216 Å². The summed E-state index contributed by atoms with van der Waals surface area (Å²) in [7, 11) is 0. The Hall–Kier alpha value is -6.87. The molecule has 1 aromatic heterocycles. The molecule has 1 nitrogen and oxygen atoms in total. The van der Waals surface area contributed by atoms with E-state index in [9.17, 15) is 0 Å². The molecule has 1 atom stereocenters. The number of nitrogens with zero attached hydrogens (tertiary/aromatic N) is 1. The molecule has 274 valence electrons. The molecule has 0 aliphatic carbocycles. The van der Waals surface area contributed by atoms with Gasteiger partial charge in [-0.05, 0) is 102 Å². The number of allylic oxidation sites excluding steroid dienone is 3. The van der Waals surface area contributed by atoms with Crippen molar-refractivity contribution in [3.63, 3.8) is 0 Å². The van der Waals surface area contributed by atoms with Gasteiger partial charge >= 0.3 is 0 Å². The summed E-state index contributed by atoms with van der Waals surface area (Å²) in [6, 6.07) is 68.8. The predicted octanol–water partition coefficient (Wildman–Crippen LogP) is 15.8.